The first-order valence-corrected chi connectivity index (χ1v) is 8.83. The molecule has 3 nitrogen and oxygen atoms in total. The molecule has 1 aromatic rings. The van der Waals surface area contributed by atoms with E-state index in [4.69, 9.17) is 4.43 Å². The molecule has 1 rings (SSSR count). The first-order valence-electron chi connectivity index (χ1n) is 6.96. The molecule has 1 unspecified atom stereocenters. The van der Waals surface area contributed by atoms with Gasteiger partial charge in [0.05, 0.1) is 0 Å². The van der Waals surface area contributed by atoms with Crippen LogP contribution >= 0.6 is 0 Å². The van der Waals surface area contributed by atoms with Gasteiger partial charge in [-0.05, 0) is 17.8 Å². The van der Waals surface area contributed by atoms with Crippen molar-refractivity contribution in [3.63, 3.8) is 0 Å². The van der Waals surface area contributed by atoms with Crippen molar-refractivity contribution in [1.82, 2.24) is 9.88 Å². The molecule has 0 aliphatic heterocycles. The molecule has 19 heavy (non-hydrogen) atoms. The molecule has 0 spiro atoms. The zero-order valence-electron chi connectivity index (χ0n) is 12.1. The number of rotatable bonds is 10. The average Bonchev–Trinajstić information content (AvgIpc) is 2.46. The molecule has 4 heteroatoms. The SMILES string of the molecule is C=CN(CCN[SiH](CCC)OC)Cc1ccccc1. The van der Waals surface area contributed by atoms with Gasteiger partial charge in [-0.25, -0.2) is 0 Å². The van der Waals surface area contributed by atoms with Gasteiger partial charge in [0.25, 0.3) is 9.20 Å². The Kier molecular flexibility index (Phi) is 8.21. The minimum Gasteiger partial charge on any atom is -0.409 e. The topological polar surface area (TPSA) is 24.5 Å². The van der Waals surface area contributed by atoms with Crippen molar-refractivity contribution in [3.05, 3.63) is 48.7 Å². The lowest BCUT2D eigenvalue weighted by Gasteiger charge is -2.22. The van der Waals surface area contributed by atoms with Crippen molar-refractivity contribution in [2.45, 2.75) is 25.9 Å². The predicted octanol–water partition coefficient (Wildman–Crippen LogP) is 2.50. The van der Waals surface area contributed by atoms with Gasteiger partial charge in [-0.2, -0.15) is 0 Å². The Morgan fingerprint density at radius 1 is 1.37 bits per heavy atom. The Morgan fingerprint density at radius 2 is 2.11 bits per heavy atom. The molecule has 0 amide bonds. The van der Waals surface area contributed by atoms with Crippen LogP contribution in [0.1, 0.15) is 18.9 Å². The average molecular weight is 278 g/mol. The largest absolute Gasteiger partial charge is 0.409 e. The molecular formula is C15H26N2OSi. The van der Waals surface area contributed by atoms with Crippen LogP contribution < -0.4 is 4.98 Å². The predicted molar refractivity (Wildman–Crippen MR) is 84.3 cm³/mol. The van der Waals surface area contributed by atoms with Crippen molar-refractivity contribution >= 4 is 9.20 Å². The van der Waals surface area contributed by atoms with Gasteiger partial charge in [0.2, 0.25) is 0 Å². The fraction of sp³-hybridized carbons (Fsp3) is 0.467. The summed E-state index contributed by atoms with van der Waals surface area (Å²) in [4.78, 5) is 5.78. The van der Waals surface area contributed by atoms with Crippen LogP contribution in [-0.4, -0.2) is 34.3 Å². The number of nitrogens with one attached hydrogen (secondary N) is 1. The third kappa shape index (κ3) is 6.57. The zero-order chi connectivity index (χ0) is 13.9. The van der Waals surface area contributed by atoms with Gasteiger partial charge in [-0.1, -0.05) is 50.3 Å². The number of benzene rings is 1. The van der Waals surface area contributed by atoms with Gasteiger partial charge >= 0.3 is 0 Å². The van der Waals surface area contributed by atoms with Gasteiger partial charge in [-0.3, -0.25) is 0 Å². The molecule has 1 N–H and O–H groups in total. The van der Waals surface area contributed by atoms with E-state index < -0.39 is 9.20 Å². The fourth-order valence-electron chi connectivity index (χ4n) is 1.99. The molecule has 0 aromatic heterocycles. The van der Waals surface area contributed by atoms with Crippen LogP contribution in [0, 0.1) is 0 Å². The Labute approximate surface area is 119 Å². The van der Waals surface area contributed by atoms with Gasteiger partial charge < -0.3 is 14.3 Å². The summed E-state index contributed by atoms with van der Waals surface area (Å²) in [6.45, 7) is 8.94. The summed E-state index contributed by atoms with van der Waals surface area (Å²) in [6, 6.07) is 11.7. The molecule has 0 fully saturated rings. The van der Waals surface area contributed by atoms with Crippen LogP contribution in [0.15, 0.2) is 43.1 Å². The maximum absolute atomic E-state index is 5.51. The van der Waals surface area contributed by atoms with E-state index in [1.54, 1.807) is 0 Å². The first kappa shape index (κ1) is 16.0. The second-order valence-electron chi connectivity index (χ2n) is 4.61. The second-order valence-corrected chi connectivity index (χ2v) is 7.04. The van der Waals surface area contributed by atoms with Crippen molar-refractivity contribution in [1.29, 1.82) is 0 Å². The molecule has 0 aliphatic rings. The molecule has 0 heterocycles. The van der Waals surface area contributed by atoms with Crippen LogP contribution in [-0.2, 0) is 11.0 Å². The third-order valence-electron chi connectivity index (χ3n) is 3.09. The lowest BCUT2D eigenvalue weighted by Crippen LogP contribution is -2.40. The van der Waals surface area contributed by atoms with Crippen molar-refractivity contribution in [3.8, 4) is 0 Å². The van der Waals surface area contributed by atoms with Crippen LogP contribution in [0.2, 0.25) is 6.04 Å². The monoisotopic (exact) mass is 278 g/mol. The maximum atomic E-state index is 5.51. The maximum Gasteiger partial charge on any atom is 0.251 e. The molecule has 0 saturated carbocycles. The van der Waals surface area contributed by atoms with Crippen LogP contribution in [0.5, 0.6) is 0 Å². The van der Waals surface area contributed by atoms with Gasteiger partial charge in [-0.15, -0.1) is 0 Å². The van der Waals surface area contributed by atoms with E-state index in [2.05, 4.69) is 47.7 Å². The minimum absolute atomic E-state index is 0.916. The first-order chi connectivity index (χ1) is 9.30. The Balaban J connectivity index is 2.31. The molecule has 1 atom stereocenters. The Bertz CT molecular complexity index is 345. The lowest BCUT2D eigenvalue weighted by atomic mass is 10.2. The summed E-state index contributed by atoms with van der Waals surface area (Å²) in [5.41, 5.74) is 1.32. The van der Waals surface area contributed by atoms with E-state index in [1.807, 2.05) is 19.4 Å². The summed E-state index contributed by atoms with van der Waals surface area (Å²) in [5.74, 6) is 0. The summed E-state index contributed by atoms with van der Waals surface area (Å²) in [6.07, 6.45) is 3.10. The molecule has 0 bridgehead atoms. The highest BCUT2D eigenvalue weighted by Gasteiger charge is 2.08. The summed E-state index contributed by atoms with van der Waals surface area (Å²) < 4.78 is 5.51. The van der Waals surface area contributed by atoms with E-state index >= 15 is 0 Å². The van der Waals surface area contributed by atoms with Gasteiger partial charge in [0.1, 0.15) is 0 Å². The number of hydrogen-bond donors (Lipinski definition) is 1. The molecule has 0 saturated heterocycles. The van der Waals surface area contributed by atoms with Crippen LogP contribution in [0.25, 0.3) is 0 Å². The number of nitrogens with zero attached hydrogens (tertiary/aromatic N) is 1. The molecule has 0 radical (unpaired) electrons. The summed E-state index contributed by atoms with van der Waals surface area (Å²) in [7, 11) is 0.636. The van der Waals surface area contributed by atoms with Crippen molar-refractivity contribution < 1.29 is 4.43 Å². The van der Waals surface area contributed by atoms with E-state index in [9.17, 15) is 0 Å². The summed E-state index contributed by atoms with van der Waals surface area (Å²) in [5, 5.41) is 0. The molecular weight excluding hydrogens is 252 g/mol. The minimum atomic E-state index is -1.18. The second kappa shape index (κ2) is 9.78. The van der Waals surface area contributed by atoms with E-state index in [0.717, 1.165) is 19.6 Å². The Morgan fingerprint density at radius 3 is 2.68 bits per heavy atom. The van der Waals surface area contributed by atoms with Crippen molar-refractivity contribution in [2.75, 3.05) is 20.2 Å². The van der Waals surface area contributed by atoms with Gasteiger partial charge in [0.15, 0.2) is 0 Å². The highest BCUT2D eigenvalue weighted by Crippen LogP contribution is 2.04. The fourth-order valence-corrected chi connectivity index (χ4v) is 3.57. The van der Waals surface area contributed by atoms with E-state index in [-0.39, 0.29) is 0 Å². The lowest BCUT2D eigenvalue weighted by molar-refractivity contribution is 0.361. The van der Waals surface area contributed by atoms with E-state index in [0.29, 0.717) is 0 Å². The van der Waals surface area contributed by atoms with Crippen molar-refractivity contribution in [2.24, 2.45) is 0 Å². The van der Waals surface area contributed by atoms with Crippen LogP contribution in [0.4, 0.5) is 0 Å². The molecule has 0 aliphatic carbocycles. The zero-order valence-corrected chi connectivity index (χ0v) is 13.3. The standard InChI is InChI=1S/C15H26N2OSi/c1-4-13-19(18-3)16-11-12-17(5-2)14-15-9-7-6-8-10-15/h5-10,16,19H,2,4,11-14H2,1,3H3. The number of hydrogen-bond acceptors (Lipinski definition) is 3. The van der Waals surface area contributed by atoms with E-state index in [1.165, 1.54) is 18.0 Å². The summed E-state index contributed by atoms with van der Waals surface area (Å²) >= 11 is 0. The normalized spacial score (nSPS) is 12.1. The highest BCUT2D eigenvalue weighted by atomic mass is 28.3. The molecule has 106 valence electrons. The molecule has 1 aromatic carbocycles. The van der Waals surface area contributed by atoms with Gasteiger partial charge in [0, 0.05) is 26.7 Å². The highest BCUT2D eigenvalue weighted by molar-refractivity contribution is 6.48. The third-order valence-corrected chi connectivity index (χ3v) is 5.51. The quantitative estimate of drug-likeness (QED) is 0.666. The van der Waals surface area contributed by atoms with Crippen LogP contribution in [0.3, 0.4) is 0 Å². The smallest absolute Gasteiger partial charge is 0.251 e. The Hall–Kier alpha value is -1.10.